The molecule has 0 fully saturated rings. The summed E-state index contributed by atoms with van der Waals surface area (Å²) in [5.41, 5.74) is 5.02. The van der Waals surface area contributed by atoms with Crippen LogP contribution in [0.2, 0.25) is 0 Å². The Hall–Kier alpha value is -0.495. The number of rotatable bonds is 3. The summed E-state index contributed by atoms with van der Waals surface area (Å²) in [4.78, 5) is 10.4. The van der Waals surface area contributed by atoms with E-state index in [-0.39, 0.29) is 12.8 Å². The molecule has 0 amide bonds. The Kier molecular flexibility index (Phi) is 13.3. The van der Waals surface area contributed by atoms with Gasteiger partial charge in [-0.15, -0.1) is 0 Å². The molecule has 0 saturated heterocycles. The van der Waals surface area contributed by atoms with Gasteiger partial charge in [0.2, 0.25) is 0 Å². The predicted octanol–water partition coefficient (Wildman–Crippen LogP) is -0.110. The summed E-state index contributed by atoms with van der Waals surface area (Å²) in [7, 11) is 0. The van der Waals surface area contributed by atoms with Crippen molar-refractivity contribution in [2.24, 2.45) is 5.73 Å². The molecule has 1 aromatic carbocycles. The fraction of sp³-hybridized carbons (Fsp3) is 0.364. The zero-order valence-electron chi connectivity index (χ0n) is 10.1. The molecule has 0 spiro atoms. The number of hydrogen-bond acceptors (Lipinski definition) is 5. The van der Waals surface area contributed by atoms with Crippen molar-refractivity contribution in [1.29, 1.82) is 0 Å². The SMILES string of the molecule is CC(O)C(=O)OCCN.N.[Hg][c]1ccccc1. The molecule has 0 bridgehead atoms. The fourth-order valence-electron chi connectivity index (χ4n) is 0.758. The van der Waals surface area contributed by atoms with Crippen molar-refractivity contribution in [2.75, 3.05) is 13.2 Å². The van der Waals surface area contributed by atoms with E-state index in [4.69, 9.17) is 10.8 Å². The van der Waals surface area contributed by atoms with Gasteiger partial charge in [0.05, 0.1) is 0 Å². The Labute approximate surface area is 118 Å². The summed E-state index contributed by atoms with van der Waals surface area (Å²) in [6, 6.07) is 10.6. The molecule has 0 aliphatic carbocycles. The van der Waals surface area contributed by atoms with E-state index in [9.17, 15) is 4.79 Å². The van der Waals surface area contributed by atoms with Crippen LogP contribution in [0, 0.1) is 0 Å². The van der Waals surface area contributed by atoms with Crippen molar-refractivity contribution >= 4 is 9.04 Å². The van der Waals surface area contributed by atoms with Crippen LogP contribution < -0.4 is 15.0 Å². The Morgan fingerprint density at radius 2 is 2.00 bits per heavy atom. The summed E-state index contributed by atoms with van der Waals surface area (Å²) < 4.78 is 5.95. The molecule has 6 heteroatoms. The summed E-state index contributed by atoms with van der Waals surface area (Å²) in [5, 5.41) is 8.53. The van der Waals surface area contributed by atoms with Gasteiger partial charge in [-0.05, 0) is 6.92 Å². The number of hydrogen-bond donors (Lipinski definition) is 3. The molecule has 6 N–H and O–H groups in total. The van der Waals surface area contributed by atoms with Crippen molar-refractivity contribution in [3.8, 4) is 0 Å². The number of nitrogens with two attached hydrogens (primary N) is 1. The standard InChI is InChI=1S/C6H5.C5H11NO3.Hg.H3N/c1-2-4-6-5-3-1;1-4(7)5(8)9-3-2-6;;/h1-5H;4,7H,2-3,6H2,1H3;;1H3. The third kappa shape index (κ3) is 11.8. The van der Waals surface area contributed by atoms with Crippen LogP contribution in [0.3, 0.4) is 0 Å². The summed E-state index contributed by atoms with van der Waals surface area (Å²) in [5.74, 6) is -0.625. The first-order valence-electron chi connectivity index (χ1n) is 4.99. The van der Waals surface area contributed by atoms with Gasteiger partial charge in [-0.2, -0.15) is 0 Å². The third-order valence-electron chi connectivity index (χ3n) is 1.55. The second-order valence-electron chi connectivity index (χ2n) is 3.12. The zero-order chi connectivity index (χ0) is 12.4. The minimum atomic E-state index is -1.04. The molecule has 0 radical (unpaired) electrons. The van der Waals surface area contributed by atoms with E-state index in [1.165, 1.54) is 10.00 Å². The molecule has 1 rings (SSSR count). The van der Waals surface area contributed by atoms with Gasteiger partial charge in [0.25, 0.3) is 0 Å². The third-order valence-corrected chi connectivity index (χ3v) is 3.38. The molecule has 0 saturated carbocycles. The number of carbonyl (C=O) groups is 1. The summed E-state index contributed by atoms with van der Waals surface area (Å²) >= 11 is 0.810. The number of ether oxygens (including phenoxy) is 1. The molecule has 0 aliphatic rings. The Bertz CT molecular complexity index is 294. The molecule has 17 heavy (non-hydrogen) atoms. The van der Waals surface area contributed by atoms with Crippen LogP contribution >= 0.6 is 0 Å². The minimum absolute atomic E-state index is 0. The van der Waals surface area contributed by atoms with Crippen LogP contribution in [0.1, 0.15) is 6.92 Å². The topological polar surface area (TPSA) is 108 Å². The van der Waals surface area contributed by atoms with Crippen molar-refractivity contribution in [3.63, 3.8) is 0 Å². The second-order valence-corrected chi connectivity index (χ2v) is 6.29. The molecule has 1 unspecified atom stereocenters. The van der Waals surface area contributed by atoms with Crippen LogP contribution in [-0.2, 0) is 35.7 Å². The van der Waals surface area contributed by atoms with Crippen molar-refractivity contribution in [3.05, 3.63) is 30.3 Å². The summed E-state index contributed by atoms with van der Waals surface area (Å²) in [6.07, 6.45) is -1.04. The Morgan fingerprint density at radius 1 is 1.47 bits per heavy atom. The molecule has 1 aromatic rings. The molecule has 0 heterocycles. The Morgan fingerprint density at radius 3 is 2.29 bits per heavy atom. The van der Waals surface area contributed by atoms with E-state index in [0.717, 1.165) is 26.1 Å². The van der Waals surface area contributed by atoms with E-state index < -0.39 is 12.1 Å². The van der Waals surface area contributed by atoms with Crippen LogP contribution in [-0.4, -0.2) is 30.3 Å². The van der Waals surface area contributed by atoms with Gasteiger partial charge >= 0.3 is 65.5 Å². The number of carbonyl (C=O) groups excluding carboxylic acids is 1. The van der Waals surface area contributed by atoms with Gasteiger partial charge in [0.15, 0.2) is 0 Å². The maximum atomic E-state index is 10.4. The van der Waals surface area contributed by atoms with Crippen LogP contribution in [0.5, 0.6) is 0 Å². The molecular weight excluding hydrogens is 409 g/mol. The second kappa shape index (κ2) is 12.0. The molecule has 0 aromatic heterocycles. The average Bonchev–Trinajstić information content (AvgIpc) is 2.27. The van der Waals surface area contributed by atoms with Crippen LogP contribution in [0.25, 0.3) is 0 Å². The summed E-state index contributed by atoms with van der Waals surface area (Å²) in [6.45, 7) is 1.81. The van der Waals surface area contributed by atoms with Gasteiger partial charge in [0.1, 0.15) is 12.7 Å². The number of aliphatic hydroxyl groups is 1. The van der Waals surface area contributed by atoms with E-state index >= 15 is 0 Å². The van der Waals surface area contributed by atoms with E-state index in [1.807, 2.05) is 0 Å². The molecule has 0 aliphatic heterocycles. The van der Waals surface area contributed by atoms with Gasteiger partial charge in [-0.1, -0.05) is 0 Å². The monoisotopic (exact) mass is 429 g/mol. The van der Waals surface area contributed by atoms with Gasteiger partial charge < -0.3 is 21.7 Å². The predicted molar refractivity (Wildman–Crippen MR) is 62.8 cm³/mol. The normalized spacial score (nSPS) is 10.4. The van der Waals surface area contributed by atoms with Crippen molar-refractivity contribution < 1.29 is 40.8 Å². The number of aliphatic hydroxyl groups excluding tert-OH is 1. The van der Waals surface area contributed by atoms with Crippen LogP contribution in [0.4, 0.5) is 0 Å². The molecule has 5 nitrogen and oxygen atoms in total. The molecular formula is C11H19HgN2O3. The quantitative estimate of drug-likeness (QED) is 0.461. The number of benzene rings is 1. The first kappa shape index (κ1) is 18.9. The van der Waals surface area contributed by atoms with Gasteiger partial charge in [-0.3, -0.25) is 0 Å². The van der Waals surface area contributed by atoms with E-state index in [1.54, 1.807) is 0 Å². The van der Waals surface area contributed by atoms with Crippen molar-refractivity contribution in [1.82, 2.24) is 6.15 Å². The van der Waals surface area contributed by atoms with Crippen LogP contribution in [0.15, 0.2) is 30.3 Å². The fourth-order valence-corrected chi connectivity index (χ4v) is 1.82. The Balaban J connectivity index is 0. The number of esters is 1. The van der Waals surface area contributed by atoms with E-state index in [0.29, 0.717) is 6.54 Å². The zero-order valence-corrected chi connectivity index (χ0v) is 15.6. The first-order chi connectivity index (χ1) is 7.57. The van der Waals surface area contributed by atoms with Crippen molar-refractivity contribution in [2.45, 2.75) is 13.0 Å². The maximum absolute atomic E-state index is 10.4. The van der Waals surface area contributed by atoms with E-state index in [2.05, 4.69) is 35.1 Å². The molecule has 1 atom stereocenters. The first-order valence-corrected chi connectivity index (χ1v) is 7.74. The molecule has 93 valence electrons. The van der Waals surface area contributed by atoms with Gasteiger partial charge in [-0.25, -0.2) is 4.79 Å². The average molecular weight is 428 g/mol. The van der Waals surface area contributed by atoms with Gasteiger partial charge in [0, 0.05) is 6.54 Å².